The second-order valence-corrected chi connectivity index (χ2v) is 14.7. The number of benzene rings is 6. The third-order valence-corrected chi connectivity index (χ3v) is 11.5. The minimum Gasteiger partial charge on any atom is -0.512 e. The number of thiophene rings is 1. The van der Waals surface area contributed by atoms with Gasteiger partial charge in [0.1, 0.15) is 28.8 Å². The molecule has 6 aromatic carbocycles. The molecule has 4 heterocycles. The lowest BCUT2D eigenvalue weighted by Gasteiger charge is -2.12. The lowest BCUT2D eigenvalue weighted by atomic mass is 10.1. The number of para-hydroxylation sites is 2. The number of furan rings is 1. The summed E-state index contributed by atoms with van der Waals surface area (Å²) in [6.07, 6.45) is 0.219. The van der Waals surface area contributed by atoms with Crippen molar-refractivity contribution in [3.63, 3.8) is 0 Å². The molecule has 5 N–H and O–H groups in total. The first kappa shape index (κ1) is 33.9. The molecule has 0 bridgehead atoms. The smallest absolute Gasteiger partial charge is 0.204 e. The second kappa shape index (κ2) is 13.0. The third kappa shape index (κ3) is 5.35. The third-order valence-electron chi connectivity index (χ3n) is 10.2. The molecule has 276 valence electrons. The van der Waals surface area contributed by atoms with Crippen LogP contribution in [0.1, 0.15) is 12.7 Å². The standard InChI is InChI=1S/C46H30N4O6S/c1-24(52)40(42(55)41(54)36(53)23-51)46-48-44(47-45(49-46)33-13-8-12-32-31-11-4-7-16-39(31)57-43(32)33)25-17-19-29-30-20-18-26(22-38(30)56-37(29)21-25)50-34-14-5-2-9-27(34)28-10-3-6-15-35(28)50/h2-23,51-55H,1H3/b36-23-,40-24-,42-41-. The van der Waals surface area contributed by atoms with Crippen LogP contribution in [0.3, 0.4) is 0 Å². The highest BCUT2D eigenvalue weighted by Gasteiger charge is 2.25. The maximum Gasteiger partial charge on any atom is 0.204 e. The van der Waals surface area contributed by atoms with E-state index in [4.69, 9.17) is 14.4 Å². The van der Waals surface area contributed by atoms with E-state index in [1.54, 1.807) is 11.3 Å². The van der Waals surface area contributed by atoms with Crippen molar-refractivity contribution >= 4 is 80.8 Å². The summed E-state index contributed by atoms with van der Waals surface area (Å²) in [4.78, 5) is 14.3. The Balaban J connectivity index is 1.16. The van der Waals surface area contributed by atoms with Gasteiger partial charge in [0.2, 0.25) is 5.76 Å². The zero-order valence-corrected chi connectivity index (χ0v) is 30.9. The molecule has 10 aromatic rings. The maximum absolute atomic E-state index is 11.1. The molecule has 4 aromatic heterocycles. The zero-order valence-electron chi connectivity index (χ0n) is 30.0. The zero-order chi connectivity index (χ0) is 38.9. The summed E-state index contributed by atoms with van der Waals surface area (Å²) in [6.45, 7) is 1.28. The van der Waals surface area contributed by atoms with Crippen molar-refractivity contribution < 1.29 is 29.9 Å². The van der Waals surface area contributed by atoms with Gasteiger partial charge < -0.3 is 34.5 Å². The number of aromatic nitrogens is 4. The molecule has 0 aliphatic rings. The largest absolute Gasteiger partial charge is 0.512 e. The van der Waals surface area contributed by atoms with E-state index in [-0.39, 0.29) is 29.3 Å². The summed E-state index contributed by atoms with van der Waals surface area (Å²) in [5.41, 5.74) is 5.28. The predicted octanol–water partition coefficient (Wildman–Crippen LogP) is 12.1. The number of allylic oxidation sites excluding steroid dienone is 2. The van der Waals surface area contributed by atoms with Gasteiger partial charge in [-0.15, -0.1) is 11.3 Å². The van der Waals surface area contributed by atoms with Crippen LogP contribution in [0.5, 0.6) is 0 Å². The average molecular weight is 767 g/mol. The monoisotopic (exact) mass is 766 g/mol. The van der Waals surface area contributed by atoms with Crippen LogP contribution >= 0.6 is 11.3 Å². The van der Waals surface area contributed by atoms with Gasteiger partial charge in [0, 0.05) is 64.6 Å². The number of fused-ring (bicyclic) bond motifs is 9. The summed E-state index contributed by atoms with van der Waals surface area (Å²) in [6, 6.07) is 42.4. The summed E-state index contributed by atoms with van der Waals surface area (Å²) in [7, 11) is 0. The van der Waals surface area contributed by atoms with Crippen molar-refractivity contribution in [3.05, 3.63) is 163 Å². The Morgan fingerprint density at radius 1 is 0.614 bits per heavy atom. The van der Waals surface area contributed by atoms with Crippen molar-refractivity contribution in [2.75, 3.05) is 0 Å². The van der Waals surface area contributed by atoms with Crippen LogP contribution in [0.15, 0.2) is 161 Å². The molecule has 0 aliphatic heterocycles. The molecule has 0 fully saturated rings. The van der Waals surface area contributed by atoms with Crippen LogP contribution in [0.25, 0.3) is 98.0 Å². The Bertz CT molecular complexity index is 3330. The van der Waals surface area contributed by atoms with Crippen molar-refractivity contribution in [1.82, 2.24) is 19.5 Å². The van der Waals surface area contributed by atoms with E-state index in [2.05, 4.69) is 52.0 Å². The molecule has 57 heavy (non-hydrogen) atoms. The van der Waals surface area contributed by atoms with E-state index >= 15 is 0 Å². The molecule has 11 heteroatoms. The molecule has 0 radical (unpaired) electrons. The molecular weight excluding hydrogens is 737 g/mol. The minimum atomic E-state index is -1.08. The van der Waals surface area contributed by atoms with E-state index < -0.39 is 23.0 Å². The van der Waals surface area contributed by atoms with E-state index in [1.165, 1.54) is 6.92 Å². The minimum absolute atomic E-state index is 0.189. The maximum atomic E-state index is 11.1. The average Bonchev–Trinajstić information content (AvgIpc) is 3.91. The van der Waals surface area contributed by atoms with Gasteiger partial charge in [0.25, 0.3) is 0 Å². The van der Waals surface area contributed by atoms with E-state index in [0.717, 1.165) is 58.4 Å². The first-order valence-corrected chi connectivity index (χ1v) is 18.8. The molecule has 0 unspecified atom stereocenters. The van der Waals surface area contributed by atoms with Crippen LogP contribution in [0, 0.1) is 0 Å². The number of nitrogens with zero attached hydrogens (tertiary/aromatic N) is 4. The van der Waals surface area contributed by atoms with Crippen molar-refractivity contribution in [2.24, 2.45) is 0 Å². The summed E-state index contributed by atoms with van der Waals surface area (Å²) >= 11 is 1.58. The Labute approximate surface area is 327 Å². The first-order valence-electron chi connectivity index (χ1n) is 18.0. The van der Waals surface area contributed by atoms with Crippen LogP contribution < -0.4 is 0 Å². The molecule has 0 saturated carbocycles. The molecule has 0 amide bonds. The van der Waals surface area contributed by atoms with Gasteiger partial charge >= 0.3 is 0 Å². The summed E-state index contributed by atoms with van der Waals surface area (Å²) in [5.74, 6) is -3.28. The van der Waals surface area contributed by atoms with Crippen molar-refractivity contribution in [1.29, 1.82) is 0 Å². The number of aliphatic hydroxyl groups excluding tert-OH is 5. The molecule has 10 rings (SSSR count). The number of hydrogen-bond acceptors (Lipinski definition) is 10. The van der Waals surface area contributed by atoms with Gasteiger partial charge in [0.05, 0.1) is 11.0 Å². The van der Waals surface area contributed by atoms with E-state index in [0.29, 0.717) is 22.3 Å². The Morgan fingerprint density at radius 3 is 1.96 bits per heavy atom. The lowest BCUT2D eigenvalue weighted by Crippen LogP contribution is -2.07. The fraction of sp³-hybridized carbons (Fsp3) is 0.0217. The van der Waals surface area contributed by atoms with Crippen LogP contribution in [0.2, 0.25) is 0 Å². The number of aliphatic hydroxyl groups is 5. The number of hydrogen-bond donors (Lipinski definition) is 5. The summed E-state index contributed by atoms with van der Waals surface area (Å²) in [5, 5.41) is 58.1. The van der Waals surface area contributed by atoms with Gasteiger partial charge in [-0.3, -0.25) is 0 Å². The van der Waals surface area contributed by atoms with Crippen molar-refractivity contribution in [2.45, 2.75) is 6.92 Å². The predicted molar refractivity (Wildman–Crippen MR) is 226 cm³/mol. The highest BCUT2D eigenvalue weighted by atomic mass is 32.1. The molecule has 0 saturated heterocycles. The topological polar surface area (TPSA) is 158 Å². The lowest BCUT2D eigenvalue weighted by molar-refractivity contribution is 0.277. The van der Waals surface area contributed by atoms with Gasteiger partial charge in [-0.05, 0) is 55.5 Å². The normalized spacial score (nSPS) is 13.3. The molecule has 0 atom stereocenters. The Kier molecular flexibility index (Phi) is 7.73. The van der Waals surface area contributed by atoms with E-state index in [9.17, 15) is 25.5 Å². The SMILES string of the molecule is C\C(O)=C(/C(O)=C(O)\C(O)=C\O)c1nc(-c2ccc3c(c2)oc2cc(-n4c5ccccc5c5ccccc54)ccc23)nc(-c2cccc3c2sc2ccccc23)n1. The summed E-state index contributed by atoms with van der Waals surface area (Å²) < 4.78 is 10.8. The van der Waals surface area contributed by atoms with Gasteiger partial charge in [-0.25, -0.2) is 15.0 Å². The first-order chi connectivity index (χ1) is 27.8. The quantitative estimate of drug-likeness (QED) is 0.0820. The molecular formula is C46H30N4O6S. The van der Waals surface area contributed by atoms with Gasteiger partial charge in [-0.1, -0.05) is 72.8 Å². The fourth-order valence-corrected chi connectivity index (χ4v) is 8.86. The highest BCUT2D eigenvalue weighted by molar-refractivity contribution is 7.26. The Hall–Kier alpha value is -7.63. The molecule has 0 aliphatic carbocycles. The molecule has 0 spiro atoms. The second-order valence-electron chi connectivity index (χ2n) is 13.6. The van der Waals surface area contributed by atoms with Crippen LogP contribution in [-0.2, 0) is 0 Å². The van der Waals surface area contributed by atoms with Crippen molar-refractivity contribution in [3.8, 4) is 28.5 Å². The van der Waals surface area contributed by atoms with Gasteiger partial charge in [0.15, 0.2) is 29.0 Å². The molecule has 10 nitrogen and oxygen atoms in total. The highest BCUT2D eigenvalue weighted by Crippen LogP contribution is 2.41. The Morgan fingerprint density at radius 2 is 1.25 bits per heavy atom. The van der Waals surface area contributed by atoms with Crippen LogP contribution in [0.4, 0.5) is 0 Å². The fourth-order valence-electron chi connectivity index (χ4n) is 7.65. The van der Waals surface area contributed by atoms with Crippen LogP contribution in [-0.4, -0.2) is 45.1 Å². The number of rotatable bonds is 6. The van der Waals surface area contributed by atoms with Gasteiger partial charge in [-0.2, -0.15) is 0 Å². The van der Waals surface area contributed by atoms with E-state index in [1.807, 2.05) is 84.9 Å².